The summed E-state index contributed by atoms with van der Waals surface area (Å²) in [4.78, 5) is 13.8. The van der Waals surface area contributed by atoms with Crippen molar-refractivity contribution in [2.75, 3.05) is 19.0 Å². The highest BCUT2D eigenvalue weighted by Crippen LogP contribution is 2.29. The summed E-state index contributed by atoms with van der Waals surface area (Å²) >= 11 is 3.45. The van der Waals surface area contributed by atoms with Crippen molar-refractivity contribution < 1.29 is 18.0 Å². The fourth-order valence-corrected chi connectivity index (χ4v) is 2.98. The molecule has 0 aliphatic rings. The fourth-order valence-electron chi connectivity index (χ4n) is 2.23. The smallest absolute Gasteiger partial charge is 0.377 e. The van der Waals surface area contributed by atoms with E-state index in [2.05, 4.69) is 26.5 Å². The third-order valence-corrected chi connectivity index (χ3v) is 4.11. The molecule has 2 rings (SSSR count). The SMILES string of the molecule is CN(C)c1ccc(C=NNC(=O)Cc2cccc(C(F)(F)F)c2)cc1Br. The van der Waals surface area contributed by atoms with Gasteiger partial charge in [0, 0.05) is 18.6 Å². The molecule has 2 aromatic carbocycles. The molecule has 8 heteroatoms. The number of nitrogens with one attached hydrogen (secondary N) is 1. The Hall–Kier alpha value is -2.35. The lowest BCUT2D eigenvalue weighted by atomic mass is 10.1. The standard InChI is InChI=1S/C18H17BrF3N3O/c1-25(2)16-7-6-13(9-15(16)19)11-23-24-17(26)10-12-4-3-5-14(8-12)18(20,21)22/h3-9,11H,10H2,1-2H3,(H,24,26). The molecular weight excluding hydrogens is 411 g/mol. The zero-order valence-electron chi connectivity index (χ0n) is 14.1. The molecule has 1 N–H and O–H groups in total. The fraction of sp³-hybridized carbons (Fsp3) is 0.222. The third kappa shape index (κ3) is 5.59. The summed E-state index contributed by atoms with van der Waals surface area (Å²) in [6.45, 7) is 0. The number of hydrogen-bond donors (Lipinski definition) is 1. The first-order valence-electron chi connectivity index (χ1n) is 7.62. The average Bonchev–Trinajstić information content (AvgIpc) is 2.54. The van der Waals surface area contributed by atoms with Crippen molar-refractivity contribution in [2.24, 2.45) is 5.10 Å². The molecule has 0 aliphatic carbocycles. The van der Waals surface area contributed by atoms with Gasteiger partial charge in [-0.25, -0.2) is 5.43 Å². The molecular formula is C18H17BrF3N3O. The Balaban J connectivity index is 1.97. The Labute approximate surface area is 157 Å². The number of halogens is 4. The lowest BCUT2D eigenvalue weighted by Crippen LogP contribution is -2.20. The maximum Gasteiger partial charge on any atom is 0.416 e. The second-order valence-corrected chi connectivity index (χ2v) is 6.63. The van der Waals surface area contributed by atoms with E-state index in [-0.39, 0.29) is 12.0 Å². The van der Waals surface area contributed by atoms with Crippen LogP contribution in [-0.2, 0) is 17.4 Å². The van der Waals surface area contributed by atoms with E-state index in [4.69, 9.17) is 0 Å². The molecule has 0 unspecified atom stereocenters. The van der Waals surface area contributed by atoms with Crippen LogP contribution in [0.1, 0.15) is 16.7 Å². The summed E-state index contributed by atoms with van der Waals surface area (Å²) in [6, 6.07) is 10.2. The number of amides is 1. The summed E-state index contributed by atoms with van der Waals surface area (Å²) in [5.41, 5.74) is 3.57. The largest absolute Gasteiger partial charge is 0.416 e. The van der Waals surface area contributed by atoms with Crippen molar-refractivity contribution in [2.45, 2.75) is 12.6 Å². The molecule has 138 valence electrons. The van der Waals surface area contributed by atoms with Gasteiger partial charge in [-0.2, -0.15) is 18.3 Å². The van der Waals surface area contributed by atoms with Crippen molar-refractivity contribution in [1.29, 1.82) is 0 Å². The Morgan fingerprint density at radius 2 is 1.96 bits per heavy atom. The molecule has 0 bridgehead atoms. The van der Waals surface area contributed by atoms with Crippen molar-refractivity contribution >= 4 is 33.7 Å². The second kappa shape index (κ2) is 8.35. The number of hydrazone groups is 1. The number of hydrogen-bond acceptors (Lipinski definition) is 3. The highest BCUT2D eigenvalue weighted by atomic mass is 79.9. The van der Waals surface area contributed by atoms with Gasteiger partial charge >= 0.3 is 6.18 Å². The topological polar surface area (TPSA) is 44.7 Å². The van der Waals surface area contributed by atoms with E-state index in [1.807, 2.05) is 37.2 Å². The first-order valence-corrected chi connectivity index (χ1v) is 8.41. The molecule has 0 spiro atoms. The van der Waals surface area contributed by atoms with Crippen LogP contribution in [0.15, 0.2) is 52.0 Å². The van der Waals surface area contributed by atoms with Crippen LogP contribution >= 0.6 is 15.9 Å². The van der Waals surface area contributed by atoms with Crippen LogP contribution in [0.25, 0.3) is 0 Å². The van der Waals surface area contributed by atoms with E-state index in [1.54, 1.807) is 0 Å². The molecule has 0 atom stereocenters. The number of benzene rings is 2. The molecule has 2 aromatic rings. The van der Waals surface area contributed by atoms with Gasteiger partial charge in [0.25, 0.3) is 0 Å². The number of carbonyl (C=O) groups excluding carboxylic acids is 1. The van der Waals surface area contributed by atoms with E-state index in [9.17, 15) is 18.0 Å². The van der Waals surface area contributed by atoms with Crippen molar-refractivity contribution in [3.63, 3.8) is 0 Å². The zero-order chi connectivity index (χ0) is 19.3. The van der Waals surface area contributed by atoms with Crippen LogP contribution in [-0.4, -0.2) is 26.2 Å². The highest BCUT2D eigenvalue weighted by Gasteiger charge is 2.30. The van der Waals surface area contributed by atoms with Crippen LogP contribution in [0.4, 0.5) is 18.9 Å². The number of carbonyl (C=O) groups is 1. The van der Waals surface area contributed by atoms with Gasteiger partial charge in [-0.3, -0.25) is 4.79 Å². The van der Waals surface area contributed by atoms with Crippen molar-refractivity contribution in [3.8, 4) is 0 Å². The Morgan fingerprint density at radius 1 is 1.23 bits per heavy atom. The summed E-state index contributed by atoms with van der Waals surface area (Å²) in [7, 11) is 3.84. The van der Waals surface area contributed by atoms with Gasteiger partial charge in [-0.05, 0) is 45.3 Å². The molecule has 0 aliphatic heterocycles. The van der Waals surface area contributed by atoms with E-state index in [0.29, 0.717) is 0 Å². The number of rotatable bonds is 5. The lowest BCUT2D eigenvalue weighted by molar-refractivity contribution is -0.137. The van der Waals surface area contributed by atoms with Gasteiger partial charge in [-0.1, -0.05) is 24.3 Å². The van der Waals surface area contributed by atoms with Gasteiger partial charge in [0.05, 0.1) is 23.9 Å². The average molecular weight is 428 g/mol. The van der Waals surface area contributed by atoms with E-state index in [0.717, 1.165) is 27.9 Å². The minimum absolute atomic E-state index is 0.190. The first kappa shape index (κ1) is 20.0. The van der Waals surface area contributed by atoms with Gasteiger partial charge < -0.3 is 4.90 Å². The number of anilines is 1. The molecule has 0 saturated heterocycles. The minimum atomic E-state index is -4.43. The highest BCUT2D eigenvalue weighted by molar-refractivity contribution is 9.10. The Kier molecular flexibility index (Phi) is 6.42. The van der Waals surface area contributed by atoms with Crippen LogP contribution in [0.5, 0.6) is 0 Å². The zero-order valence-corrected chi connectivity index (χ0v) is 15.7. The maximum atomic E-state index is 12.7. The molecule has 0 saturated carbocycles. The van der Waals surface area contributed by atoms with Gasteiger partial charge in [0.2, 0.25) is 5.91 Å². The molecule has 4 nitrogen and oxygen atoms in total. The van der Waals surface area contributed by atoms with E-state index < -0.39 is 17.6 Å². The van der Waals surface area contributed by atoms with Gasteiger partial charge in [0.15, 0.2) is 0 Å². The maximum absolute atomic E-state index is 12.7. The molecule has 0 radical (unpaired) electrons. The number of alkyl halides is 3. The molecule has 1 amide bonds. The van der Waals surface area contributed by atoms with Crippen LogP contribution in [0.2, 0.25) is 0 Å². The molecule has 0 heterocycles. The predicted molar refractivity (Wildman–Crippen MR) is 99.4 cm³/mol. The van der Waals surface area contributed by atoms with Crippen LogP contribution < -0.4 is 10.3 Å². The minimum Gasteiger partial charge on any atom is -0.377 e. The number of nitrogens with zero attached hydrogens (tertiary/aromatic N) is 2. The van der Waals surface area contributed by atoms with Crippen molar-refractivity contribution in [3.05, 3.63) is 63.6 Å². The van der Waals surface area contributed by atoms with Crippen LogP contribution in [0, 0.1) is 0 Å². The Bertz CT molecular complexity index is 820. The summed E-state index contributed by atoms with van der Waals surface area (Å²) in [5, 5.41) is 3.84. The summed E-state index contributed by atoms with van der Waals surface area (Å²) in [5.74, 6) is -0.496. The van der Waals surface area contributed by atoms with Crippen LogP contribution in [0.3, 0.4) is 0 Å². The van der Waals surface area contributed by atoms with E-state index in [1.165, 1.54) is 18.3 Å². The second-order valence-electron chi connectivity index (χ2n) is 5.77. The van der Waals surface area contributed by atoms with Crippen molar-refractivity contribution in [1.82, 2.24) is 5.43 Å². The molecule has 26 heavy (non-hydrogen) atoms. The monoisotopic (exact) mass is 427 g/mol. The molecule has 0 aromatic heterocycles. The Morgan fingerprint density at radius 3 is 2.58 bits per heavy atom. The first-order chi connectivity index (χ1) is 12.2. The predicted octanol–water partition coefficient (Wildman–Crippen LogP) is 4.23. The quantitative estimate of drug-likeness (QED) is 0.573. The summed E-state index contributed by atoms with van der Waals surface area (Å²) < 4.78 is 38.9. The molecule has 0 fully saturated rings. The third-order valence-electron chi connectivity index (χ3n) is 3.48. The summed E-state index contributed by atoms with van der Waals surface area (Å²) in [6.07, 6.45) is -3.16. The normalized spacial score (nSPS) is 11.6. The van der Waals surface area contributed by atoms with E-state index >= 15 is 0 Å². The van der Waals surface area contributed by atoms with Gasteiger partial charge in [0.1, 0.15) is 0 Å². The lowest BCUT2D eigenvalue weighted by Gasteiger charge is -2.14. The van der Waals surface area contributed by atoms with Gasteiger partial charge in [-0.15, -0.1) is 0 Å².